The molecule has 1 atom stereocenters. The Balaban J connectivity index is 1.62. The number of thiazole rings is 1. The van der Waals surface area contributed by atoms with Gasteiger partial charge in [0.1, 0.15) is 0 Å². The van der Waals surface area contributed by atoms with Crippen molar-refractivity contribution in [3.05, 3.63) is 16.1 Å². The normalized spacial score (nSPS) is 25.4. The highest BCUT2D eigenvalue weighted by Gasteiger charge is 2.46. The third-order valence-electron chi connectivity index (χ3n) is 5.22. The first-order valence-electron chi connectivity index (χ1n) is 8.55. The van der Waals surface area contributed by atoms with Crippen molar-refractivity contribution in [3.63, 3.8) is 0 Å². The van der Waals surface area contributed by atoms with Gasteiger partial charge in [0.2, 0.25) is 0 Å². The van der Waals surface area contributed by atoms with E-state index in [1.807, 2.05) is 11.3 Å². The lowest BCUT2D eigenvalue weighted by atomic mass is 9.72. The maximum Gasteiger partial charge on any atom is 0.0930 e. The molecule has 2 aliphatic rings. The Morgan fingerprint density at radius 1 is 1.45 bits per heavy atom. The number of nitrogens with two attached hydrogens (primary N) is 1. The Morgan fingerprint density at radius 3 is 2.91 bits per heavy atom. The van der Waals surface area contributed by atoms with Crippen molar-refractivity contribution in [2.24, 2.45) is 23.0 Å². The van der Waals surface area contributed by atoms with Gasteiger partial charge < -0.3 is 10.5 Å². The summed E-state index contributed by atoms with van der Waals surface area (Å²) in [7, 11) is 0. The molecule has 0 aromatic carbocycles. The molecule has 0 radical (unpaired) electrons. The summed E-state index contributed by atoms with van der Waals surface area (Å²) in [6.45, 7) is 10.5. The summed E-state index contributed by atoms with van der Waals surface area (Å²) in [4.78, 5) is 8.58. The van der Waals surface area contributed by atoms with Crippen LogP contribution in [-0.2, 0) is 17.7 Å². The van der Waals surface area contributed by atoms with Gasteiger partial charge >= 0.3 is 0 Å². The van der Waals surface area contributed by atoms with E-state index >= 15 is 0 Å². The van der Waals surface area contributed by atoms with Gasteiger partial charge in [-0.2, -0.15) is 0 Å². The molecule has 3 rings (SSSR count). The Morgan fingerprint density at radius 2 is 2.23 bits per heavy atom. The lowest BCUT2D eigenvalue weighted by Gasteiger charge is -2.37. The van der Waals surface area contributed by atoms with E-state index in [0.29, 0.717) is 17.3 Å². The summed E-state index contributed by atoms with van der Waals surface area (Å²) in [6.07, 6.45) is 5.52. The molecule has 0 saturated carbocycles. The molecule has 2 saturated heterocycles. The molecule has 1 aromatic rings. The van der Waals surface area contributed by atoms with E-state index in [1.54, 1.807) is 0 Å². The minimum atomic E-state index is 0.401. The first kappa shape index (κ1) is 16.4. The van der Waals surface area contributed by atoms with Crippen LogP contribution in [0.4, 0.5) is 0 Å². The van der Waals surface area contributed by atoms with Gasteiger partial charge in [-0.25, -0.2) is 4.98 Å². The van der Waals surface area contributed by atoms with E-state index in [-0.39, 0.29) is 0 Å². The molecule has 1 aromatic heterocycles. The van der Waals surface area contributed by atoms with E-state index in [4.69, 9.17) is 10.5 Å². The lowest BCUT2D eigenvalue weighted by molar-refractivity contribution is 0.00105. The largest absolute Gasteiger partial charge is 0.381 e. The van der Waals surface area contributed by atoms with E-state index in [0.717, 1.165) is 39.3 Å². The number of hydrogen-bond donors (Lipinski definition) is 1. The number of rotatable bonds is 5. The molecule has 0 bridgehead atoms. The predicted molar refractivity (Wildman–Crippen MR) is 91.0 cm³/mol. The second kappa shape index (κ2) is 6.95. The Kier molecular flexibility index (Phi) is 5.17. The summed E-state index contributed by atoms with van der Waals surface area (Å²) < 4.78 is 5.58. The van der Waals surface area contributed by atoms with Crippen LogP contribution < -0.4 is 5.73 Å². The number of nitrogens with zero attached hydrogens (tertiary/aromatic N) is 2. The van der Waals surface area contributed by atoms with Crippen molar-refractivity contribution in [2.75, 3.05) is 32.8 Å². The Hall–Kier alpha value is -0.490. The van der Waals surface area contributed by atoms with Crippen LogP contribution in [0, 0.1) is 17.3 Å². The monoisotopic (exact) mass is 323 g/mol. The van der Waals surface area contributed by atoms with Crippen LogP contribution in [0.3, 0.4) is 0 Å². The second-order valence-electron chi connectivity index (χ2n) is 7.40. The molecule has 0 amide bonds. The van der Waals surface area contributed by atoms with Crippen molar-refractivity contribution < 1.29 is 4.74 Å². The van der Waals surface area contributed by atoms with Gasteiger partial charge in [0.25, 0.3) is 0 Å². The van der Waals surface area contributed by atoms with Gasteiger partial charge in [-0.05, 0) is 36.6 Å². The molecule has 2 fully saturated rings. The summed E-state index contributed by atoms with van der Waals surface area (Å²) >= 11 is 1.88. The fourth-order valence-corrected chi connectivity index (χ4v) is 5.20. The zero-order valence-corrected chi connectivity index (χ0v) is 14.7. The van der Waals surface area contributed by atoms with Gasteiger partial charge in [0.15, 0.2) is 0 Å². The molecule has 124 valence electrons. The number of likely N-dealkylation sites (tertiary alicyclic amines) is 1. The lowest BCUT2D eigenvalue weighted by Crippen LogP contribution is -2.39. The molecule has 1 unspecified atom stereocenters. The van der Waals surface area contributed by atoms with Crippen molar-refractivity contribution in [1.29, 1.82) is 0 Å². The SMILES string of the molecule is CC(C)Cc1ncc(CN2CC(CN)C3(CCOCC3)C2)s1. The van der Waals surface area contributed by atoms with Gasteiger partial charge in [-0.15, -0.1) is 11.3 Å². The van der Waals surface area contributed by atoms with E-state index < -0.39 is 0 Å². The van der Waals surface area contributed by atoms with Crippen LogP contribution in [0.1, 0.15) is 36.6 Å². The molecular weight excluding hydrogens is 294 g/mol. The maximum atomic E-state index is 6.08. The highest BCUT2D eigenvalue weighted by atomic mass is 32.1. The van der Waals surface area contributed by atoms with Crippen LogP contribution in [0.15, 0.2) is 6.20 Å². The average Bonchev–Trinajstić information content (AvgIpc) is 3.04. The number of aromatic nitrogens is 1. The topological polar surface area (TPSA) is 51.4 Å². The Bertz CT molecular complexity index is 482. The van der Waals surface area contributed by atoms with E-state index in [9.17, 15) is 0 Å². The zero-order chi connectivity index (χ0) is 15.6. The van der Waals surface area contributed by atoms with Gasteiger partial charge in [0, 0.05) is 50.3 Å². The van der Waals surface area contributed by atoms with E-state index in [1.165, 1.54) is 29.3 Å². The van der Waals surface area contributed by atoms with Gasteiger partial charge in [-0.1, -0.05) is 13.8 Å². The standard InChI is InChI=1S/C17H29N3OS/c1-13(2)7-16-19-9-15(22-16)11-20-10-14(8-18)17(12-20)3-5-21-6-4-17/h9,13-14H,3-8,10-12,18H2,1-2H3. The van der Waals surface area contributed by atoms with Gasteiger partial charge in [-0.3, -0.25) is 4.90 Å². The second-order valence-corrected chi connectivity index (χ2v) is 8.60. The summed E-state index contributed by atoms with van der Waals surface area (Å²) in [5.74, 6) is 1.30. The molecule has 5 heteroatoms. The van der Waals surface area contributed by atoms with Crippen LogP contribution in [0.2, 0.25) is 0 Å². The average molecular weight is 324 g/mol. The van der Waals surface area contributed by atoms with Crippen molar-refractivity contribution in [3.8, 4) is 0 Å². The van der Waals surface area contributed by atoms with Crippen LogP contribution in [-0.4, -0.2) is 42.7 Å². The molecule has 2 aliphatic heterocycles. The first-order valence-corrected chi connectivity index (χ1v) is 9.37. The van der Waals surface area contributed by atoms with Crippen molar-refractivity contribution >= 4 is 11.3 Å². The first-order chi connectivity index (χ1) is 10.6. The van der Waals surface area contributed by atoms with Crippen molar-refractivity contribution in [1.82, 2.24) is 9.88 Å². The molecule has 3 heterocycles. The number of ether oxygens (including phenoxy) is 1. The summed E-state index contributed by atoms with van der Waals surface area (Å²) in [5, 5.41) is 1.28. The minimum absolute atomic E-state index is 0.401. The zero-order valence-electron chi connectivity index (χ0n) is 13.9. The molecule has 1 spiro atoms. The van der Waals surface area contributed by atoms with Crippen LogP contribution in [0.5, 0.6) is 0 Å². The predicted octanol–water partition coefficient (Wildman–Crippen LogP) is 2.53. The molecule has 4 nitrogen and oxygen atoms in total. The summed E-state index contributed by atoms with van der Waals surface area (Å²) in [5.41, 5.74) is 6.48. The highest BCUT2D eigenvalue weighted by Crippen LogP contribution is 2.44. The quantitative estimate of drug-likeness (QED) is 0.905. The molecule has 2 N–H and O–H groups in total. The van der Waals surface area contributed by atoms with Gasteiger partial charge in [0.05, 0.1) is 5.01 Å². The van der Waals surface area contributed by atoms with Crippen molar-refractivity contribution in [2.45, 2.75) is 39.7 Å². The highest BCUT2D eigenvalue weighted by molar-refractivity contribution is 7.11. The summed E-state index contributed by atoms with van der Waals surface area (Å²) in [6, 6.07) is 0. The third kappa shape index (κ3) is 3.53. The fraction of sp³-hybridized carbons (Fsp3) is 0.824. The van der Waals surface area contributed by atoms with Crippen LogP contribution >= 0.6 is 11.3 Å². The fourth-order valence-electron chi connectivity index (χ4n) is 4.02. The molecule has 0 aliphatic carbocycles. The minimum Gasteiger partial charge on any atom is -0.381 e. The van der Waals surface area contributed by atoms with Crippen LogP contribution in [0.25, 0.3) is 0 Å². The third-order valence-corrected chi connectivity index (χ3v) is 6.22. The maximum absolute atomic E-state index is 6.08. The van der Waals surface area contributed by atoms with E-state index in [2.05, 4.69) is 29.9 Å². The smallest absolute Gasteiger partial charge is 0.0930 e. The molecular formula is C17H29N3OS. The Labute approximate surface area is 138 Å². The molecule has 22 heavy (non-hydrogen) atoms. The number of hydrogen-bond acceptors (Lipinski definition) is 5.